The summed E-state index contributed by atoms with van der Waals surface area (Å²) in [5, 5.41) is 9.15. The minimum absolute atomic E-state index is 0.102. The molecule has 1 fully saturated rings. The Balaban J connectivity index is 2.29. The van der Waals surface area contributed by atoms with E-state index in [1.165, 1.54) is 11.3 Å². The van der Waals surface area contributed by atoms with E-state index in [0.29, 0.717) is 4.88 Å². The molecule has 1 aliphatic heterocycles. The first-order valence-electron chi connectivity index (χ1n) is 6.78. The van der Waals surface area contributed by atoms with Gasteiger partial charge in [0, 0.05) is 10.7 Å². The lowest BCUT2D eigenvalue weighted by Gasteiger charge is -2.32. The number of carbonyl (C=O) groups excluding carboxylic acids is 1. The summed E-state index contributed by atoms with van der Waals surface area (Å²) in [6.07, 6.45) is 0.659. The first-order valence-corrected chi connectivity index (χ1v) is 7.60. The zero-order valence-electron chi connectivity index (χ0n) is 12.6. The predicted octanol–water partition coefficient (Wildman–Crippen LogP) is 2.75. The van der Waals surface area contributed by atoms with E-state index in [1.54, 1.807) is 12.1 Å². The SMILES string of the molecule is CC1(C)OB(C(CC(=O)O)c2ccc(C=O)s2)OC1(C)C. The van der Waals surface area contributed by atoms with E-state index in [1.807, 2.05) is 27.7 Å². The van der Waals surface area contributed by atoms with E-state index in [0.717, 1.165) is 11.2 Å². The van der Waals surface area contributed by atoms with Gasteiger partial charge in [-0.2, -0.15) is 0 Å². The van der Waals surface area contributed by atoms with Crippen molar-refractivity contribution in [3.63, 3.8) is 0 Å². The van der Waals surface area contributed by atoms with Crippen LogP contribution >= 0.6 is 11.3 Å². The highest BCUT2D eigenvalue weighted by atomic mass is 32.1. The van der Waals surface area contributed by atoms with E-state index < -0.39 is 30.1 Å². The number of hydrogen-bond acceptors (Lipinski definition) is 5. The van der Waals surface area contributed by atoms with E-state index in [-0.39, 0.29) is 6.42 Å². The molecule has 114 valence electrons. The van der Waals surface area contributed by atoms with E-state index >= 15 is 0 Å². The van der Waals surface area contributed by atoms with Gasteiger partial charge in [-0.3, -0.25) is 9.59 Å². The Labute approximate surface area is 128 Å². The smallest absolute Gasteiger partial charge is 0.467 e. The third-order valence-electron chi connectivity index (χ3n) is 4.12. The zero-order chi connectivity index (χ0) is 15.8. The van der Waals surface area contributed by atoms with Crippen molar-refractivity contribution < 1.29 is 24.0 Å². The molecule has 5 nitrogen and oxygen atoms in total. The van der Waals surface area contributed by atoms with Gasteiger partial charge < -0.3 is 14.4 Å². The van der Waals surface area contributed by atoms with Gasteiger partial charge in [0.25, 0.3) is 0 Å². The van der Waals surface area contributed by atoms with Gasteiger partial charge in [0.1, 0.15) is 0 Å². The summed E-state index contributed by atoms with van der Waals surface area (Å²) in [5.41, 5.74) is -1.03. The molecule has 0 saturated carbocycles. The molecule has 0 radical (unpaired) electrons. The molecule has 1 atom stereocenters. The Hall–Kier alpha value is -1.18. The average Bonchev–Trinajstić information content (AvgIpc) is 2.89. The molecule has 2 rings (SSSR count). The molecule has 0 aliphatic carbocycles. The second-order valence-corrected chi connectivity index (χ2v) is 7.33. The van der Waals surface area contributed by atoms with Crippen LogP contribution in [0.3, 0.4) is 0 Å². The van der Waals surface area contributed by atoms with Crippen LogP contribution in [-0.2, 0) is 14.1 Å². The molecule has 1 unspecified atom stereocenters. The molecule has 1 aromatic rings. The lowest BCUT2D eigenvalue weighted by molar-refractivity contribution is -0.137. The van der Waals surface area contributed by atoms with Crippen molar-refractivity contribution in [2.24, 2.45) is 0 Å². The lowest BCUT2D eigenvalue weighted by atomic mass is 9.69. The van der Waals surface area contributed by atoms with Crippen molar-refractivity contribution in [3.8, 4) is 0 Å². The van der Waals surface area contributed by atoms with Gasteiger partial charge in [-0.15, -0.1) is 11.3 Å². The van der Waals surface area contributed by atoms with Gasteiger partial charge in [0.2, 0.25) is 0 Å². The molecule has 0 amide bonds. The molecule has 1 saturated heterocycles. The number of aldehydes is 1. The van der Waals surface area contributed by atoms with E-state index in [9.17, 15) is 9.59 Å². The Morgan fingerprint density at radius 2 is 1.90 bits per heavy atom. The fraction of sp³-hybridized carbons (Fsp3) is 0.571. The summed E-state index contributed by atoms with van der Waals surface area (Å²) in [5.74, 6) is -1.35. The summed E-state index contributed by atoms with van der Waals surface area (Å²) in [6.45, 7) is 7.71. The number of aliphatic carboxylic acids is 1. The molecule has 1 aromatic heterocycles. The van der Waals surface area contributed by atoms with Crippen molar-refractivity contribution in [2.45, 2.75) is 51.1 Å². The largest absolute Gasteiger partial charge is 0.481 e. The average molecular weight is 310 g/mol. The van der Waals surface area contributed by atoms with Gasteiger partial charge in [-0.25, -0.2) is 0 Å². The molecule has 0 aromatic carbocycles. The molecule has 0 bridgehead atoms. The van der Waals surface area contributed by atoms with Crippen LogP contribution in [0.5, 0.6) is 0 Å². The maximum absolute atomic E-state index is 11.2. The van der Waals surface area contributed by atoms with Gasteiger partial charge in [-0.1, -0.05) is 0 Å². The number of carbonyl (C=O) groups is 2. The second-order valence-electron chi connectivity index (χ2n) is 6.19. The van der Waals surface area contributed by atoms with Crippen molar-refractivity contribution >= 4 is 30.7 Å². The minimum Gasteiger partial charge on any atom is -0.481 e. The van der Waals surface area contributed by atoms with Crippen LogP contribution < -0.4 is 0 Å². The molecule has 1 aliphatic rings. The summed E-state index contributed by atoms with van der Waals surface area (Å²) in [6, 6.07) is 3.46. The summed E-state index contributed by atoms with van der Waals surface area (Å²) < 4.78 is 11.9. The van der Waals surface area contributed by atoms with Crippen LogP contribution in [0.4, 0.5) is 0 Å². The fourth-order valence-corrected chi connectivity index (χ4v) is 3.14. The first kappa shape index (κ1) is 16.2. The van der Waals surface area contributed by atoms with E-state index in [2.05, 4.69) is 0 Å². The normalized spacial score (nSPS) is 21.2. The number of rotatable bonds is 5. The third-order valence-corrected chi connectivity index (χ3v) is 5.27. The van der Waals surface area contributed by atoms with Crippen LogP contribution in [0, 0.1) is 0 Å². The van der Waals surface area contributed by atoms with Crippen LogP contribution in [0.25, 0.3) is 0 Å². The van der Waals surface area contributed by atoms with E-state index in [4.69, 9.17) is 14.4 Å². The highest BCUT2D eigenvalue weighted by Crippen LogP contribution is 2.42. The third kappa shape index (κ3) is 3.20. The molecule has 2 heterocycles. The Bertz CT molecular complexity index is 535. The number of thiophene rings is 1. The lowest BCUT2D eigenvalue weighted by Crippen LogP contribution is -2.41. The fourth-order valence-electron chi connectivity index (χ4n) is 2.20. The summed E-state index contributed by atoms with van der Waals surface area (Å²) >= 11 is 1.28. The zero-order valence-corrected chi connectivity index (χ0v) is 13.4. The predicted molar refractivity (Wildman–Crippen MR) is 80.8 cm³/mol. The van der Waals surface area contributed by atoms with Gasteiger partial charge in [0.05, 0.1) is 22.5 Å². The Morgan fingerprint density at radius 3 is 2.33 bits per heavy atom. The van der Waals surface area contributed by atoms with Crippen LogP contribution in [-0.4, -0.2) is 35.7 Å². The monoisotopic (exact) mass is 310 g/mol. The van der Waals surface area contributed by atoms with Crippen LogP contribution in [0.15, 0.2) is 12.1 Å². The second kappa shape index (κ2) is 5.55. The van der Waals surface area contributed by atoms with Crippen molar-refractivity contribution in [1.82, 2.24) is 0 Å². The quantitative estimate of drug-likeness (QED) is 0.669. The maximum atomic E-state index is 11.2. The van der Waals surface area contributed by atoms with Crippen molar-refractivity contribution in [1.29, 1.82) is 0 Å². The molecular formula is C14H19BO5S. The Morgan fingerprint density at radius 1 is 1.33 bits per heavy atom. The number of carboxylic acids is 1. The standard InChI is InChI=1S/C14H19BO5S/c1-13(2)14(3,4)20-15(19-13)10(7-12(17)18)11-6-5-9(8-16)21-11/h5-6,8,10H,7H2,1-4H3,(H,17,18). The van der Waals surface area contributed by atoms with Crippen molar-refractivity contribution in [3.05, 3.63) is 21.9 Å². The highest BCUT2D eigenvalue weighted by Gasteiger charge is 2.54. The minimum atomic E-state index is -0.921. The van der Waals surface area contributed by atoms with Crippen LogP contribution in [0.1, 0.15) is 54.5 Å². The van der Waals surface area contributed by atoms with Gasteiger partial charge >= 0.3 is 13.1 Å². The topological polar surface area (TPSA) is 72.8 Å². The highest BCUT2D eigenvalue weighted by molar-refractivity contribution is 7.14. The molecule has 1 N–H and O–H groups in total. The molecule has 0 spiro atoms. The maximum Gasteiger partial charge on any atom is 0.467 e. The molecule has 7 heteroatoms. The number of carboxylic acid groups (broad SMARTS) is 1. The first-order chi connectivity index (χ1) is 9.66. The summed E-state index contributed by atoms with van der Waals surface area (Å²) in [7, 11) is -0.635. The van der Waals surface area contributed by atoms with Gasteiger partial charge in [0.15, 0.2) is 6.29 Å². The van der Waals surface area contributed by atoms with Crippen molar-refractivity contribution in [2.75, 3.05) is 0 Å². The number of hydrogen-bond donors (Lipinski definition) is 1. The molecule has 21 heavy (non-hydrogen) atoms. The summed E-state index contributed by atoms with van der Waals surface area (Å²) in [4.78, 5) is 23.3. The van der Waals surface area contributed by atoms with Crippen LogP contribution in [0.2, 0.25) is 0 Å². The Kier molecular flexibility index (Phi) is 4.28. The molecular weight excluding hydrogens is 291 g/mol. The van der Waals surface area contributed by atoms with Gasteiger partial charge in [-0.05, 0) is 39.8 Å².